The van der Waals surface area contributed by atoms with Crippen LogP contribution in [0.5, 0.6) is 0 Å². The van der Waals surface area contributed by atoms with Crippen LogP contribution < -0.4 is 0 Å². The Hall–Kier alpha value is -0.360. The molecular formula is C37H60NO8. The summed E-state index contributed by atoms with van der Waals surface area (Å²) in [7, 11) is 0. The number of rotatable bonds is 7. The highest BCUT2D eigenvalue weighted by Gasteiger charge is 2.85. The van der Waals surface area contributed by atoms with Crippen LogP contribution >= 0.6 is 0 Å². The third-order valence-electron chi connectivity index (χ3n) is 15.3. The van der Waals surface area contributed by atoms with Gasteiger partial charge in [0.2, 0.25) is 0 Å². The van der Waals surface area contributed by atoms with Crippen molar-refractivity contribution in [3.05, 3.63) is 18.1 Å². The van der Waals surface area contributed by atoms with Crippen molar-refractivity contribution in [1.82, 2.24) is 4.90 Å². The molecule has 2 aliphatic heterocycles. The number of fused-ring (bicyclic) bond motifs is 4. The van der Waals surface area contributed by atoms with E-state index in [0.29, 0.717) is 44.2 Å². The molecule has 5 aliphatic carbocycles. The lowest BCUT2D eigenvalue weighted by Crippen LogP contribution is -2.59. The highest BCUT2D eigenvalue weighted by atomic mass is 16.7. The van der Waals surface area contributed by atoms with E-state index < -0.39 is 23.2 Å². The predicted octanol–water partition coefficient (Wildman–Crippen LogP) is 3.61. The van der Waals surface area contributed by atoms with Crippen molar-refractivity contribution in [2.45, 2.75) is 136 Å². The number of hydrogen-bond donors (Lipinski definition) is 5. The first-order chi connectivity index (χ1) is 21.5. The lowest BCUT2D eigenvalue weighted by atomic mass is 9.41. The van der Waals surface area contributed by atoms with Crippen LogP contribution in [0, 0.1) is 63.0 Å². The van der Waals surface area contributed by atoms with E-state index in [4.69, 9.17) is 14.2 Å². The lowest BCUT2D eigenvalue weighted by molar-refractivity contribution is -0.247. The van der Waals surface area contributed by atoms with Crippen molar-refractivity contribution in [1.29, 1.82) is 0 Å². The second-order valence-corrected chi connectivity index (χ2v) is 18.0. The van der Waals surface area contributed by atoms with Crippen LogP contribution in [0.15, 0.2) is 0 Å². The zero-order valence-electron chi connectivity index (χ0n) is 29.2. The van der Waals surface area contributed by atoms with E-state index in [9.17, 15) is 25.5 Å². The van der Waals surface area contributed by atoms with Gasteiger partial charge in [-0.2, -0.15) is 0 Å². The summed E-state index contributed by atoms with van der Waals surface area (Å²) >= 11 is 0. The Labute approximate surface area is 276 Å². The topological polar surface area (TPSA) is 132 Å². The Bertz CT molecular complexity index is 1160. The number of aliphatic hydroxyl groups excluding tert-OH is 4. The van der Waals surface area contributed by atoms with Crippen molar-refractivity contribution >= 4 is 0 Å². The van der Waals surface area contributed by atoms with E-state index in [1.54, 1.807) is 19.8 Å². The van der Waals surface area contributed by atoms with Gasteiger partial charge >= 0.3 is 0 Å². The minimum atomic E-state index is -1.32. The molecule has 2 spiro atoms. The van der Waals surface area contributed by atoms with Gasteiger partial charge in [0.15, 0.2) is 6.29 Å². The fourth-order valence-electron chi connectivity index (χ4n) is 12.8. The first kappa shape index (κ1) is 34.1. The molecule has 0 aromatic rings. The molecule has 0 amide bonds. The molecule has 3 radical (unpaired) electrons. The average Bonchev–Trinajstić information content (AvgIpc) is 3.63. The van der Waals surface area contributed by atoms with Gasteiger partial charge < -0.3 is 39.7 Å². The fraction of sp³-hybridized carbons (Fsp3) is 0.919. The summed E-state index contributed by atoms with van der Waals surface area (Å²) in [6, 6.07) is -0.285. The van der Waals surface area contributed by atoms with Crippen molar-refractivity contribution in [2.24, 2.45) is 44.8 Å². The number of hydrogen-bond acceptors (Lipinski definition) is 9. The van der Waals surface area contributed by atoms with Crippen LogP contribution in [0.3, 0.4) is 0 Å². The van der Waals surface area contributed by atoms with Gasteiger partial charge in [0.1, 0.15) is 18.3 Å². The normalized spacial score (nSPS) is 48.7. The molecule has 2 saturated heterocycles. The van der Waals surface area contributed by atoms with Gasteiger partial charge in [0.05, 0.1) is 50.2 Å². The van der Waals surface area contributed by atoms with Gasteiger partial charge in [-0.1, -0.05) is 34.6 Å². The number of ether oxygens (including phenoxy) is 3. The summed E-state index contributed by atoms with van der Waals surface area (Å²) in [5.41, 5.74) is -1.54. The molecule has 7 fully saturated rings. The molecule has 0 bridgehead atoms. The molecule has 2 heterocycles. The average molecular weight is 647 g/mol. The molecule has 0 aromatic carbocycles. The van der Waals surface area contributed by atoms with E-state index in [0.717, 1.165) is 38.5 Å². The van der Waals surface area contributed by atoms with Gasteiger partial charge in [-0.15, -0.1) is 0 Å². The summed E-state index contributed by atoms with van der Waals surface area (Å²) in [5, 5.41) is 53.4. The van der Waals surface area contributed by atoms with Crippen LogP contribution in [0.25, 0.3) is 0 Å². The first-order valence-corrected chi connectivity index (χ1v) is 18.1. The second kappa shape index (κ2) is 11.1. The molecule has 11 atom stereocenters. The molecule has 5 saturated carbocycles. The molecule has 7 rings (SSSR count). The largest absolute Gasteiger partial charge is 0.395 e. The number of nitrogens with zero attached hydrogens (tertiary/aromatic N) is 1. The zero-order valence-corrected chi connectivity index (χ0v) is 29.2. The Kier molecular flexibility index (Phi) is 8.21. The minimum absolute atomic E-state index is 0.0420. The maximum Gasteiger partial charge on any atom is 0.170 e. The van der Waals surface area contributed by atoms with Crippen LogP contribution in [-0.4, -0.2) is 99.6 Å². The molecule has 9 nitrogen and oxygen atoms in total. The Morgan fingerprint density at radius 2 is 1.78 bits per heavy atom. The highest BCUT2D eigenvalue weighted by molar-refractivity contribution is 5.45. The monoisotopic (exact) mass is 646 g/mol. The van der Waals surface area contributed by atoms with Crippen molar-refractivity contribution in [3.63, 3.8) is 0 Å². The first-order valence-electron chi connectivity index (χ1n) is 18.1. The Balaban J connectivity index is 1.11. The molecule has 0 aromatic heterocycles. The summed E-state index contributed by atoms with van der Waals surface area (Å²) in [5.74, 6) is 2.39. The molecule has 46 heavy (non-hydrogen) atoms. The quantitative estimate of drug-likeness (QED) is 0.282. The molecule has 5 N–H and O–H groups in total. The number of aliphatic hydroxyl groups is 5. The maximum absolute atomic E-state index is 12.3. The van der Waals surface area contributed by atoms with Crippen molar-refractivity contribution in [2.75, 3.05) is 32.9 Å². The molecule has 7 aliphatic rings. The van der Waals surface area contributed by atoms with E-state index in [2.05, 4.69) is 39.5 Å². The zero-order chi connectivity index (χ0) is 33.2. The minimum Gasteiger partial charge on any atom is -0.395 e. The van der Waals surface area contributed by atoms with E-state index >= 15 is 0 Å². The standard InChI is InChI=1S/C37H60NO8/c1-21-16-23(30(41)33(4,5)43)45-29-28(21)34(6)12-13-37-20-36(37)11-10-26(46-27-17-38(14-15-44-27)22(18-39)19-40)32(2,3)24(36)8-9-25(37)35(34,7)31(29)42/h21-22,24,26-28,30-31,39-43H,8-20H2,1-7H3/t21-,24+,26?,27+,28+,30+,31+,34-,35-,36-,37+/m1/s1. The third-order valence-corrected chi connectivity index (χ3v) is 15.3. The molecule has 261 valence electrons. The smallest absolute Gasteiger partial charge is 0.170 e. The third kappa shape index (κ3) is 4.44. The SMILES string of the molecule is C[C@@H]1C[C]([C@H](O)C(C)(C)O)O[C]2[C@H]1[C@@]1(C)CC[C@@]34C[C@@]35CCC(O[C@H]3CN(C(CO)CO)CCO3)C(C)(C)[C@@H]5CC[C]4[C@]1(C)[C@H]2O. The summed E-state index contributed by atoms with van der Waals surface area (Å²) in [6.07, 6.45) is 7.23. The summed E-state index contributed by atoms with van der Waals surface area (Å²) < 4.78 is 19.3. The van der Waals surface area contributed by atoms with Crippen LogP contribution in [0.2, 0.25) is 0 Å². The van der Waals surface area contributed by atoms with Gasteiger partial charge in [-0.3, -0.25) is 4.90 Å². The highest BCUT2D eigenvalue weighted by Crippen LogP contribution is 2.90. The molecular weight excluding hydrogens is 586 g/mol. The van der Waals surface area contributed by atoms with Gasteiger partial charge in [-0.05, 0) is 105 Å². The van der Waals surface area contributed by atoms with Crippen LogP contribution in [0.4, 0.5) is 0 Å². The van der Waals surface area contributed by atoms with Gasteiger partial charge in [0.25, 0.3) is 0 Å². The summed E-state index contributed by atoms with van der Waals surface area (Å²) in [4.78, 5) is 2.09. The Morgan fingerprint density at radius 1 is 1.07 bits per heavy atom. The molecule has 1 unspecified atom stereocenters. The summed E-state index contributed by atoms with van der Waals surface area (Å²) in [6.45, 7) is 16.6. The van der Waals surface area contributed by atoms with Crippen molar-refractivity contribution in [3.8, 4) is 0 Å². The van der Waals surface area contributed by atoms with Gasteiger partial charge in [-0.25, -0.2) is 0 Å². The maximum atomic E-state index is 12.3. The second-order valence-electron chi connectivity index (χ2n) is 18.0. The fourth-order valence-corrected chi connectivity index (χ4v) is 12.8. The Morgan fingerprint density at radius 3 is 2.46 bits per heavy atom. The van der Waals surface area contributed by atoms with Crippen molar-refractivity contribution < 1.29 is 39.7 Å². The van der Waals surface area contributed by atoms with Crippen LogP contribution in [0.1, 0.15) is 99.8 Å². The lowest BCUT2D eigenvalue weighted by Gasteiger charge is -2.63. The van der Waals surface area contributed by atoms with E-state index in [-0.39, 0.29) is 65.1 Å². The molecule has 9 heteroatoms. The number of morpholine rings is 1. The van der Waals surface area contributed by atoms with Gasteiger partial charge in [0, 0.05) is 17.9 Å². The van der Waals surface area contributed by atoms with Crippen LogP contribution in [-0.2, 0) is 14.2 Å². The van der Waals surface area contributed by atoms with E-state index in [1.807, 2.05) is 0 Å². The predicted molar refractivity (Wildman–Crippen MR) is 171 cm³/mol. The van der Waals surface area contributed by atoms with E-state index in [1.165, 1.54) is 6.42 Å².